The van der Waals surface area contributed by atoms with Crippen LogP contribution in [0.3, 0.4) is 0 Å². The van der Waals surface area contributed by atoms with Crippen LogP contribution in [0.2, 0.25) is 0 Å². The van der Waals surface area contributed by atoms with Crippen LogP contribution in [0.15, 0.2) is 0 Å². The van der Waals surface area contributed by atoms with Crippen molar-refractivity contribution in [3.8, 4) is 0 Å². The van der Waals surface area contributed by atoms with Crippen LogP contribution < -0.4 is 0 Å². The van der Waals surface area contributed by atoms with Crippen LogP contribution in [0.25, 0.3) is 0 Å². The van der Waals surface area contributed by atoms with Gasteiger partial charge in [-0.2, -0.15) is 0 Å². The van der Waals surface area contributed by atoms with E-state index in [9.17, 15) is 0 Å². The first kappa shape index (κ1) is 6.01. The Morgan fingerprint density at radius 3 is 2.75 bits per heavy atom. The van der Waals surface area contributed by atoms with Gasteiger partial charge in [-0.25, -0.2) is 0 Å². The second-order valence-electron chi connectivity index (χ2n) is 1.61. The van der Waals surface area contributed by atoms with Gasteiger partial charge in [0.2, 0.25) is 0 Å². The van der Waals surface area contributed by atoms with Gasteiger partial charge >= 0.3 is 0 Å². The molecule has 3 nitrogen and oxygen atoms in total. The summed E-state index contributed by atoms with van der Waals surface area (Å²) in [6.07, 6.45) is -0.135. The smallest absolute Gasteiger partial charge is 0.180 e. The monoisotopic (exact) mass is 118 g/mol. The third-order valence-electron chi connectivity index (χ3n) is 1.05. The average molecular weight is 118 g/mol. The summed E-state index contributed by atoms with van der Waals surface area (Å²) in [4.78, 5) is 0. The van der Waals surface area contributed by atoms with Gasteiger partial charge in [0.05, 0.1) is 19.8 Å². The molecule has 0 aromatic carbocycles. The Labute approximate surface area is 48.5 Å². The SMILES string of the molecule is CO[C@H]1COCCO1. The average Bonchev–Trinajstić information content (AvgIpc) is 1.90. The number of hydrogen-bond acceptors (Lipinski definition) is 3. The summed E-state index contributed by atoms with van der Waals surface area (Å²) in [6, 6.07) is 0. The Balaban J connectivity index is 2.13. The number of ether oxygens (including phenoxy) is 3. The quantitative estimate of drug-likeness (QED) is 0.485. The van der Waals surface area contributed by atoms with Gasteiger partial charge in [0, 0.05) is 7.11 Å². The van der Waals surface area contributed by atoms with E-state index in [1.54, 1.807) is 7.11 Å². The highest BCUT2D eigenvalue weighted by molar-refractivity contribution is 4.46. The van der Waals surface area contributed by atoms with E-state index in [1.165, 1.54) is 0 Å². The predicted molar refractivity (Wildman–Crippen MR) is 27.6 cm³/mol. The van der Waals surface area contributed by atoms with Crippen LogP contribution in [-0.2, 0) is 14.2 Å². The van der Waals surface area contributed by atoms with Crippen molar-refractivity contribution in [2.45, 2.75) is 6.29 Å². The van der Waals surface area contributed by atoms with E-state index in [-0.39, 0.29) is 6.29 Å². The third kappa shape index (κ3) is 1.43. The van der Waals surface area contributed by atoms with Gasteiger partial charge in [-0.15, -0.1) is 0 Å². The lowest BCUT2D eigenvalue weighted by Gasteiger charge is -2.20. The van der Waals surface area contributed by atoms with Gasteiger partial charge < -0.3 is 14.2 Å². The lowest BCUT2D eigenvalue weighted by molar-refractivity contribution is -0.199. The van der Waals surface area contributed by atoms with Crippen LogP contribution in [0.5, 0.6) is 0 Å². The maximum Gasteiger partial charge on any atom is 0.180 e. The molecule has 0 aromatic rings. The molecular weight excluding hydrogens is 108 g/mol. The first-order valence-electron chi connectivity index (χ1n) is 2.65. The van der Waals surface area contributed by atoms with Crippen molar-refractivity contribution < 1.29 is 14.2 Å². The van der Waals surface area contributed by atoms with Gasteiger partial charge in [-0.05, 0) is 0 Å². The minimum atomic E-state index is -0.135. The molecule has 0 radical (unpaired) electrons. The van der Waals surface area contributed by atoms with E-state index in [2.05, 4.69) is 0 Å². The van der Waals surface area contributed by atoms with E-state index in [0.717, 1.165) is 0 Å². The number of hydrogen-bond donors (Lipinski definition) is 0. The van der Waals surface area contributed by atoms with Gasteiger partial charge in [-0.3, -0.25) is 0 Å². The lowest BCUT2D eigenvalue weighted by atomic mass is 10.6. The maximum absolute atomic E-state index is 5.08. The van der Waals surface area contributed by atoms with Gasteiger partial charge in [-0.1, -0.05) is 0 Å². The molecule has 1 atom stereocenters. The highest BCUT2D eigenvalue weighted by Crippen LogP contribution is 1.99. The van der Waals surface area contributed by atoms with Crippen molar-refractivity contribution in [1.82, 2.24) is 0 Å². The van der Waals surface area contributed by atoms with E-state index in [1.807, 2.05) is 0 Å². The van der Waals surface area contributed by atoms with Gasteiger partial charge in [0.1, 0.15) is 0 Å². The first-order valence-corrected chi connectivity index (χ1v) is 2.65. The molecular formula is C5H10O3. The lowest BCUT2D eigenvalue weighted by Crippen LogP contribution is -2.29. The van der Waals surface area contributed by atoms with Crippen LogP contribution in [0.4, 0.5) is 0 Å². The van der Waals surface area contributed by atoms with Crippen LogP contribution in [-0.4, -0.2) is 33.2 Å². The zero-order chi connectivity index (χ0) is 5.82. The zero-order valence-electron chi connectivity index (χ0n) is 4.92. The molecule has 0 bridgehead atoms. The highest BCUT2D eigenvalue weighted by Gasteiger charge is 2.11. The van der Waals surface area contributed by atoms with Crippen molar-refractivity contribution in [2.75, 3.05) is 26.9 Å². The fourth-order valence-corrected chi connectivity index (χ4v) is 0.602. The second-order valence-corrected chi connectivity index (χ2v) is 1.61. The largest absolute Gasteiger partial charge is 0.374 e. The molecule has 48 valence electrons. The molecule has 1 aliphatic heterocycles. The van der Waals surface area contributed by atoms with Crippen LogP contribution in [0, 0.1) is 0 Å². The number of methoxy groups -OCH3 is 1. The topological polar surface area (TPSA) is 27.7 Å². The molecule has 1 fully saturated rings. The van der Waals surface area contributed by atoms with Crippen molar-refractivity contribution in [1.29, 1.82) is 0 Å². The zero-order valence-corrected chi connectivity index (χ0v) is 4.92. The van der Waals surface area contributed by atoms with E-state index >= 15 is 0 Å². The molecule has 1 rings (SSSR count). The molecule has 0 N–H and O–H groups in total. The maximum atomic E-state index is 5.08. The molecule has 1 aliphatic rings. The minimum absolute atomic E-state index is 0.135. The molecule has 1 saturated heterocycles. The Bertz CT molecular complexity index is 58.7. The molecule has 0 spiro atoms. The molecule has 0 aromatic heterocycles. The van der Waals surface area contributed by atoms with E-state index in [4.69, 9.17) is 14.2 Å². The summed E-state index contributed by atoms with van der Waals surface area (Å²) in [5, 5.41) is 0. The summed E-state index contributed by atoms with van der Waals surface area (Å²) in [6.45, 7) is 1.91. The van der Waals surface area contributed by atoms with Crippen molar-refractivity contribution in [3.05, 3.63) is 0 Å². The molecule has 0 aliphatic carbocycles. The predicted octanol–water partition coefficient (Wildman–Crippen LogP) is 0.00570. The molecule has 0 saturated carbocycles. The highest BCUT2D eigenvalue weighted by atomic mass is 16.7. The number of rotatable bonds is 1. The van der Waals surface area contributed by atoms with Crippen molar-refractivity contribution in [3.63, 3.8) is 0 Å². The summed E-state index contributed by atoms with van der Waals surface area (Å²) >= 11 is 0. The molecule has 0 amide bonds. The second kappa shape index (κ2) is 3.02. The summed E-state index contributed by atoms with van der Waals surface area (Å²) < 4.78 is 14.9. The fraction of sp³-hybridized carbons (Fsp3) is 1.00. The Morgan fingerprint density at radius 2 is 2.38 bits per heavy atom. The molecule has 8 heavy (non-hydrogen) atoms. The standard InChI is InChI=1S/C5H10O3/c1-6-5-4-7-2-3-8-5/h5H,2-4H2,1H3/t5-/m1/s1. The van der Waals surface area contributed by atoms with E-state index in [0.29, 0.717) is 19.8 Å². The van der Waals surface area contributed by atoms with Gasteiger partial charge in [0.15, 0.2) is 6.29 Å². The molecule has 1 heterocycles. The van der Waals surface area contributed by atoms with E-state index < -0.39 is 0 Å². The minimum Gasteiger partial charge on any atom is -0.374 e. The first-order chi connectivity index (χ1) is 3.93. The Hall–Kier alpha value is -0.120. The summed E-state index contributed by atoms with van der Waals surface area (Å²) in [7, 11) is 1.61. The fourth-order valence-electron chi connectivity index (χ4n) is 0.602. The van der Waals surface area contributed by atoms with Crippen molar-refractivity contribution >= 4 is 0 Å². The Morgan fingerprint density at radius 1 is 1.50 bits per heavy atom. The van der Waals surface area contributed by atoms with Crippen molar-refractivity contribution in [2.24, 2.45) is 0 Å². The summed E-state index contributed by atoms with van der Waals surface area (Å²) in [5.74, 6) is 0. The molecule has 3 heteroatoms. The van der Waals surface area contributed by atoms with Crippen LogP contribution in [0.1, 0.15) is 0 Å². The molecule has 0 unspecified atom stereocenters. The van der Waals surface area contributed by atoms with Crippen LogP contribution >= 0.6 is 0 Å². The summed E-state index contributed by atoms with van der Waals surface area (Å²) in [5.41, 5.74) is 0. The van der Waals surface area contributed by atoms with Gasteiger partial charge in [0.25, 0.3) is 0 Å². The normalized spacial score (nSPS) is 30.4. The third-order valence-corrected chi connectivity index (χ3v) is 1.05. The Kier molecular flexibility index (Phi) is 2.27.